The molecule has 0 amide bonds. The van der Waals surface area contributed by atoms with Crippen LogP contribution in [0.4, 0.5) is 20.2 Å². The van der Waals surface area contributed by atoms with Crippen LogP contribution < -0.4 is 9.21 Å². The van der Waals surface area contributed by atoms with Gasteiger partial charge in [0.05, 0.1) is 12.3 Å². The van der Waals surface area contributed by atoms with E-state index in [0.717, 1.165) is 61.8 Å². The van der Waals surface area contributed by atoms with Crippen molar-refractivity contribution < 1.29 is 8.78 Å². The third-order valence-corrected chi connectivity index (χ3v) is 7.63. The molecule has 0 bridgehead atoms. The van der Waals surface area contributed by atoms with Crippen molar-refractivity contribution in [2.45, 2.75) is 19.4 Å². The van der Waals surface area contributed by atoms with Crippen molar-refractivity contribution in [1.82, 2.24) is 9.88 Å². The molecule has 3 aromatic rings. The van der Waals surface area contributed by atoms with Gasteiger partial charge in [-0.1, -0.05) is 42.5 Å². The Balaban J connectivity index is 1.15. The summed E-state index contributed by atoms with van der Waals surface area (Å²) in [7, 11) is 0. The van der Waals surface area contributed by atoms with Crippen molar-refractivity contribution in [3.63, 3.8) is 0 Å². The van der Waals surface area contributed by atoms with Crippen LogP contribution in [-0.2, 0) is 6.54 Å². The maximum absolute atomic E-state index is 12.9. The monoisotopic (exact) mass is 520 g/mol. The van der Waals surface area contributed by atoms with Crippen LogP contribution in [0.1, 0.15) is 17.5 Å². The highest BCUT2D eigenvalue weighted by molar-refractivity contribution is 8.00. The fourth-order valence-electron chi connectivity index (χ4n) is 4.49. The van der Waals surface area contributed by atoms with Gasteiger partial charge in [-0.05, 0) is 47.3 Å². The van der Waals surface area contributed by atoms with Crippen LogP contribution in [0.15, 0.2) is 89.3 Å². The second-order valence-corrected chi connectivity index (χ2v) is 10.2. The Bertz CT molecular complexity index is 1200. The first-order valence-electron chi connectivity index (χ1n) is 12.5. The smallest absolute Gasteiger partial charge is 0.278 e. The number of hydrogen-bond donors (Lipinski definition) is 0. The number of rotatable bonds is 10. The average molecular weight is 521 g/mol. The fourth-order valence-corrected chi connectivity index (χ4v) is 5.56. The van der Waals surface area contributed by atoms with Gasteiger partial charge in [-0.25, -0.2) is 8.78 Å². The Kier molecular flexibility index (Phi) is 8.42. The molecular formula is C28H30F2N6S. The molecule has 5 rings (SSSR count). The maximum Gasteiger partial charge on any atom is 0.278 e. The zero-order valence-corrected chi connectivity index (χ0v) is 21.4. The molecule has 0 spiro atoms. The van der Waals surface area contributed by atoms with Crippen LogP contribution in [0.5, 0.6) is 0 Å². The Morgan fingerprint density at radius 3 is 2.27 bits per heavy atom. The van der Waals surface area contributed by atoms with Crippen molar-refractivity contribution in [2.24, 2.45) is 10.2 Å². The van der Waals surface area contributed by atoms with Crippen molar-refractivity contribution in [3.05, 3.63) is 90.3 Å². The Morgan fingerprint density at radius 2 is 1.59 bits per heavy atom. The maximum atomic E-state index is 12.9. The molecular weight excluding hydrogens is 490 g/mol. The summed E-state index contributed by atoms with van der Waals surface area (Å²) in [5.74, 6) is 0.993. The number of alkyl halides is 2. The molecule has 6 nitrogen and oxygen atoms in total. The van der Waals surface area contributed by atoms with Crippen LogP contribution in [0.3, 0.4) is 0 Å². The number of halogens is 2. The van der Waals surface area contributed by atoms with Gasteiger partial charge in [0.25, 0.3) is 6.43 Å². The van der Waals surface area contributed by atoms with Crippen molar-refractivity contribution in [3.8, 4) is 0 Å². The predicted octanol–water partition coefficient (Wildman–Crippen LogP) is 5.37. The number of anilines is 2. The van der Waals surface area contributed by atoms with Gasteiger partial charge < -0.3 is 9.21 Å². The van der Waals surface area contributed by atoms with E-state index in [1.54, 1.807) is 0 Å². The Labute approximate surface area is 220 Å². The number of nitrogens with zero attached hydrogens (tertiary/aromatic N) is 6. The summed E-state index contributed by atoms with van der Waals surface area (Å²) >= 11 is 1.84. The van der Waals surface area contributed by atoms with Gasteiger partial charge in [0.15, 0.2) is 0 Å². The predicted molar refractivity (Wildman–Crippen MR) is 149 cm³/mol. The molecule has 1 aromatic heterocycles. The summed E-state index contributed by atoms with van der Waals surface area (Å²) in [4.78, 5) is 9.07. The molecule has 3 heterocycles. The average Bonchev–Trinajstić information content (AvgIpc) is 3.45. The zero-order chi connectivity index (χ0) is 25.5. The zero-order valence-electron chi connectivity index (χ0n) is 20.6. The van der Waals surface area contributed by atoms with E-state index < -0.39 is 6.43 Å². The molecule has 0 unspecified atom stereocenters. The van der Waals surface area contributed by atoms with E-state index in [-0.39, 0.29) is 12.1 Å². The number of hydrogen-bond acceptors (Lipinski definition) is 7. The van der Waals surface area contributed by atoms with Crippen LogP contribution in [0, 0.1) is 0 Å². The molecule has 0 N–H and O–H groups in total. The molecule has 0 saturated carbocycles. The summed E-state index contributed by atoms with van der Waals surface area (Å²) in [6.07, 6.45) is 1.26. The topological polar surface area (TPSA) is 47.3 Å². The van der Waals surface area contributed by atoms with Gasteiger partial charge in [-0.2, -0.15) is 10.2 Å². The lowest BCUT2D eigenvalue weighted by Gasteiger charge is -2.36. The van der Waals surface area contributed by atoms with Gasteiger partial charge in [-0.15, -0.1) is 0 Å². The van der Waals surface area contributed by atoms with Crippen molar-refractivity contribution in [2.75, 3.05) is 47.7 Å². The van der Waals surface area contributed by atoms with Crippen LogP contribution in [-0.4, -0.2) is 66.2 Å². The molecule has 192 valence electrons. The van der Waals surface area contributed by atoms with E-state index in [2.05, 4.69) is 65.7 Å². The highest BCUT2D eigenvalue weighted by atomic mass is 32.2. The second-order valence-electron chi connectivity index (χ2n) is 9.05. The quantitative estimate of drug-likeness (QED) is 0.336. The lowest BCUT2D eigenvalue weighted by molar-refractivity contribution is 0.224. The molecule has 2 aliphatic heterocycles. The number of pyridine rings is 1. The Morgan fingerprint density at radius 1 is 0.865 bits per heavy atom. The first-order valence-corrected chi connectivity index (χ1v) is 13.4. The molecule has 2 aromatic carbocycles. The second kappa shape index (κ2) is 12.3. The van der Waals surface area contributed by atoms with E-state index in [4.69, 9.17) is 0 Å². The number of para-hydroxylation sites is 1. The number of benzene rings is 2. The first-order chi connectivity index (χ1) is 18.2. The molecule has 2 aliphatic rings. The first kappa shape index (κ1) is 25.4. The third-order valence-electron chi connectivity index (χ3n) is 6.61. The minimum absolute atomic E-state index is 0.111. The minimum atomic E-state index is -2.55. The SMILES string of the molecule is FC(F)C1=NN=C(c2ccc(CN(SCCN3CCN(c4ccncc4)CC3)c3ccccc3)cc2)C1. The van der Waals surface area contributed by atoms with Gasteiger partial charge >= 0.3 is 0 Å². The number of piperazine rings is 1. The lowest BCUT2D eigenvalue weighted by Crippen LogP contribution is -2.47. The van der Waals surface area contributed by atoms with Crippen LogP contribution >= 0.6 is 11.9 Å². The molecule has 9 heteroatoms. The molecule has 0 atom stereocenters. The van der Waals surface area contributed by atoms with Gasteiger partial charge in [-0.3, -0.25) is 9.88 Å². The van der Waals surface area contributed by atoms with Crippen LogP contribution in [0.2, 0.25) is 0 Å². The largest absolute Gasteiger partial charge is 0.369 e. The number of aromatic nitrogens is 1. The molecule has 1 saturated heterocycles. The summed E-state index contributed by atoms with van der Waals surface area (Å²) < 4.78 is 28.1. The highest BCUT2D eigenvalue weighted by Gasteiger charge is 2.22. The van der Waals surface area contributed by atoms with E-state index >= 15 is 0 Å². The van der Waals surface area contributed by atoms with E-state index in [0.29, 0.717) is 5.71 Å². The highest BCUT2D eigenvalue weighted by Crippen LogP contribution is 2.26. The van der Waals surface area contributed by atoms with Crippen molar-refractivity contribution in [1.29, 1.82) is 0 Å². The van der Waals surface area contributed by atoms with E-state index in [1.807, 2.05) is 54.7 Å². The minimum Gasteiger partial charge on any atom is -0.369 e. The summed E-state index contributed by atoms with van der Waals surface area (Å²) in [6.45, 7) is 5.93. The van der Waals surface area contributed by atoms with Gasteiger partial charge in [0.1, 0.15) is 5.71 Å². The lowest BCUT2D eigenvalue weighted by atomic mass is 10.0. The normalized spacial score (nSPS) is 16.1. The van der Waals surface area contributed by atoms with Crippen LogP contribution in [0.25, 0.3) is 0 Å². The summed E-state index contributed by atoms with van der Waals surface area (Å²) in [5.41, 5.74) is 4.83. The third kappa shape index (κ3) is 6.72. The molecule has 0 aliphatic carbocycles. The van der Waals surface area contributed by atoms with Gasteiger partial charge in [0, 0.05) is 68.7 Å². The summed E-state index contributed by atoms with van der Waals surface area (Å²) in [5, 5.41) is 7.58. The molecule has 37 heavy (non-hydrogen) atoms. The molecule has 0 radical (unpaired) electrons. The van der Waals surface area contributed by atoms with Gasteiger partial charge in [0.2, 0.25) is 0 Å². The van der Waals surface area contributed by atoms with E-state index in [1.165, 1.54) is 5.69 Å². The summed E-state index contributed by atoms with van der Waals surface area (Å²) in [6, 6.07) is 22.6. The Hall–Kier alpha value is -3.30. The van der Waals surface area contributed by atoms with E-state index in [9.17, 15) is 8.78 Å². The molecule has 1 fully saturated rings. The standard InChI is InChI=1S/C28H30F2N6S/c29-28(30)27-20-26(32-33-27)23-8-6-22(7-9-23)21-36(25-4-2-1-3-5-25)37-19-18-34-14-16-35(17-15-34)24-10-12-31-13-11-24/h1-13,28H,14-21H2. The fraction of sp³-hybridized carbons (Fsp3) is 0.321. The van der Waals surface area contributed by atoms with Crippen molar-refractivity contribution >= 4 is 34.7 Å².